The molecule has 0 atom stereocenters. The molecule has 30 heavy (non-hydrogen) atoms. The molecule has 0 spiro atoms. The fraction of sp³-hybridized carbons (Fsp3) is 0.308. The fourth-order valence-electron chi connectivity index (χ4n) is 2.71. The van der Waals surface area contributed by atoms with E-state index in [9.17, 15) is 0 Å². The summed E-state index contributed by atoms with van der Waals surface area (Å²) in [6.45, 7) is 17.2. The van der Waals surface area contributed by atoms with Crippen molar-refractivity contribution in [3.05, 3.63) is 96.8 Å². The molecule has 0 saturated heterocycles. The summed E-state index contributed by atoms with van der Waals surface area (Å²) in [7, 11) is 0. The van der Waals surface area contributed by atoms with Crippen LogP contribution in [0.1, 0.15) is 55.4 Å². The normalized spacial score (nSPS) is 10.4. The first kappa shape index (κ1) is 34.2. The van der Waals surface area contributed by atoms with Crippen molar-refractivity contribution < 1.29 is 23.3 Å². The Hall–Kier alpha value is -0.400. The van der Waals surface area contributed by atoms with Crippen molar-refractivity contribution in [1.29, 1.82) is 0 Å². The maximum atomic E-state index is 3.49. The average molecular weight is 539 g/mol. The maximum absolute atomic E-state index is 3.49. The van der Waals surface area contributed by atoms with Gasteiger partial charge in [-0.3, -0.25) is 6.08 Å². The Morgan fingerprint density at radius 3 is 2.00 bits per heavy atom. The zero-order valence-electron chi connectivity index (χ0n) is 18.9. The van der Waals surface area contributed by atoms with Crippen molar-refractivity contribution >= 4 is 31.7 Å². The molecule has 2 aromatic rings. The molecule has 0 radical (unpaired) electrons. The summed E-state index contributed by atoms with van der Waals surface area (Å²) in [6.07, 6.45) is 13.0. The molecule has 0 aromatic heterocycles. The molecule has 0 heterocycles. The third-order valence-corrected chi connectivity index (χ3v) is 3.68. The Labute approximate surface area is 215 Å². The first-order valence-corrected chi connectivity index (χ1v) is 15.8. The molecular weight excluding hydrogens is 503 g/mol. The van der Waals surface area contributed by atoms with Gasteiger partial charge in [-0.15, -0.1) is 42.4 Å². The van der Waals surface area contributed by atoms with Crippen LogP contribution in [0.25, 0.3) is 11.1 Å². The minimum absolute atomic E-state index is 0. The second kappa shape index (κ2) is 21.8. The van der Waals surface area contributed by atoms with E-state index in [0.717, 1.165) is 25.7 Å². The van der Waals surface area contributed by atoms with E-state index in [4.69, 9.17) is 0 Å². The van der Waals surface area contributed by atoms with Crippen LogP contribution in [0, 0.1) is 39.8 Å². The van der Waals surface area contributed by atoms with Gasteiger partial charge in [0.25, 0.3) is 0 Å². The monoisotopic (exact) mass is 536 g/mol. The van der Waals surface area contributed by atoms with Crippen molar-refractivity contribution in [2.75, 3.05) is 0 Å². The third kappa shape index (κ3) is 13.1. The number of halogens is 2. The van der Waals surface area contributed by atoms with Crippen molar-refractivity contribution in [3.63, 3.8) is 0 Å². The van der Waals surface area contributed by atoms with Crippen LogP contribution in [-0.2, 0) is 29.8 Å². The molecule has 0 unspecified atom stereocenters. The van der Waals surface area contributed by atoms with E-state index >= 15 is 0 Å². The van der Waals surface area contributed by atoms with E-state index in [1.807, 2.05) is 32.9 Å². The van der Waals surface area contributed by atoms with Crippen LogP contribution in [0.2, 0.25) is 0 Å². The minimum atomic E-state index is 0. The van der Waals surface area contributed by atoms with Crippen molar-refractivity contribution in [2.45, 2.75) is 53.4 Å². The van der Waals surface area contributed by atoms with Gasteiger partial charge in [0.2, 0.25) is 0 Å². The van der Waals surface area contributed by atoms with Crippen LogP contribution < -0.4 is 0 Å². The van der Waals surface area contributed by atoms with E-state index in [0.29, 0.717) is 0 Å². The molecule has 0 aliphatic heterocycles. The van der Waals surface area contributed by atoms with Crippen molar-refractivity contribution in [1.82, 2.24) is 0 Å². The second-order valence-corrected chi connectivity index (χ2v) is 6.37. The molecule has 4 rings (SSSR count). The van der Waals surface area contributed by atoms with Crippen molar-refractivity contribution in [2.24, 2.45) is 0 Å². The topological polar surface area (TPSA) is 0 Å². The molecule has 2 aliphatic carbocycles. The number of fused-ring (bicyclic) bond motifs is 3. The van der Waals surface area contributed by atoms with Crippen LogP contribution in [-0.4, -0.2) is 6.88 Å². The number of benzene rings is 2. The Balaban J connectivity index is -0.000000410. The predicted molar refractivity (Wildman–Crippen MR) is 139 cm³/mol. The van der Waals surface area contributed by atoms with Gasteiger partial charge in [-0.2, -0.15) is 42.7 Å². The zero-order valence-corrected chi connectivity index (χ0v) is 24.4. The van der Waals surface area contributed by atoms with Gasteiger partial charge in [-0.1, -0.05) is 50.1 Å². The summed E-state index contributed by atoms with van der Waals surface area (Å²) < 4.78 is 0. The molecule has 0 bridgehead atoms. The summed E-state index contributed by atoms with van der Waals surface area (Å²) in [5.41, 5.74) is 8.15. The number of allylic oxidation sites excluding steroid dienone is 4. The average Bonchev–Trinajstić information content (AvgIpc) is 3.35. The molecule has 4 heteroatoms. The van der Waals surface area contributed by atoms with Gasteiger partial charge in [0.1, 0.15) is 0 Å². The number of rotatable bonds is 0. The van der Waals surface area contributed by atoms with Gasteiger partial charge in [0.15, 0.2) is 0 Å². The quantitative estimate of drug-likeness (QED) is 0.207. The van der Waals surface area contributed by atoms with Crippen LogP contribution >= 0.6 is 24.8 Å². The molecular formula is C26H36Cl2SiZr-4. The molecule has 0 fully saturated rings. The first-order valence-electron chi connectivity index (χ1n) is 9.84. The van der Waals surface area contributed by atoms with Crippen LogP contribution in [0.3, 0.4) is 0 Å². The molecule has 0 nitrogen and oxygen atoms in total. The summed E-state index contributed by atoms with van der Waals surface area (Å²) in [5, 5.41) is 0. The summed E-state index contributed by atoms with van der Waals surface area (Å²) in [5.74, 6) is 0. The number of hydrogen-bond donors (Lipinski definition) is 0. The summed E-state index contributed by atoms with van der Waals surface area (Å²) >= 11 is 1.58. The van der Waals surface area contributed by atoms with Gasteiger partial charge in [0.05, 0.1) is 0 Å². The Morgan fingerprint density at radius 1 is 0.967 bits per heavy atom. The van der Waals surface area contributed by atoms with Crippen LogP contribution in [0.4, 0.5) is 0 Å². The molecule has 0 N–H and O–H groups in total. The SMILES string of the molecule is Cc1[c-]c2c(cc1)-c1ccc(C)cc1C2.Cl.Cl.[C-]1=CC=CC1.[CH2-]CC.[CH2-]CC.[SiH2]=[Zr]. The molecule has 2 aromatic carbocycles. The van der Waals surface area contributed by atoms with E-state index in [2.05, 4.69) is 76.2 Å². The molecule has 0 amide bonds. The third-order valence-electron chi connectivity index (χ3n) is 3.68. The first-order chi connectivity index (χ1) is 13.6. The van der Waals surface area contributed by atoms with Crippen LogP contribution in [0.5, 0.6) is 0 Å². The van der Waals surface area contributed by atoms with Gasteiger partial charge >= 0.3 is 30.2 Å². The Bertz CT molecular complexity index is 693. The summed E-state index contributed by atoms with van der Waals surface area (Å²) in [6, 6.07) is 14.5. The van der Waals surface area contributed by atoms with E-state index in [-0.39, 0.29) is 24.8 Å². The zero-order chi connectivity index (χ0) is 21.4. The predicted octanol–water partition coefficient (Wildman–Crippen LogP) is 7.37. The molecule has 166 valence electrons. The van der Waals surface area contributed by atoms with E-state index in [1.165, 1.54) is 33.4 Å². The van der Waals surface area contributed by atoms with E-state index in [1.54, 1.807) is 23.3 Å². The number of hydrogen-bond acceptors (Lipinski definition) is 0. The summed E-state index contributed by atoms with van der Waals surface area (Å²) in [4.78, 5) is 0. The van der Waals surface area contributed by atoms with E-state index < -0.39 is 0 Å². The van der Waals surface area contributed by atoms with Crippen molar-refractivity contribution in [3.8, 4) is 11.1 Å². The Kier molecular flexibility index (Phi) is 24.9. The Morgan fingerprint density at radius 2 is 1.53 bits per heavy atom. The van der Waals surface area contributed by atoms with Gasteiger partial charge in [-0.25, -0.2) is 12.2 Å². The van der Waals surface area contributed by atoms with Gasteiger partial charge in [0, 0.05) is 0 Å². The molecule has 0 saturated carbocycles. The van der Waals surface area contributed by atoms with Gasteiger partial charge in [-0.05, 0) is 18.9 Å². The second-order valence-electron chi connectivity index (χ2n) is 6.37. The van der Waals surface area contributed by atoms with Gasteiger partial charge < -0.3 is 13.8 Å². The standard InChI is InChI=1S/C15H13.C5H5.2C3H7.2ClH.H2Si.Zr/c1-10-3-5-14-12(7-10)9-13-8-11(2)4-6-15(13)14;1-2-4-5-3-1;2*1-3-2;;;;/h3-7H,9H2,1-2H3;1-3H,4H2;2*1,3H2,2H3;2*1H;1H2;/q4*-1;;;;. The van der Waals surface area contributed by atoms with Crippen LogP contribution in [0.15, 0.2) is 48.6 Å². The fourth-order valence-corrected chi connectivity index (χ4v) is 2.71. The number of aryl methyl sites for hydroxylation is 2. The molecule has 2 aliphatic rings.